The fourth-order valence-corrected chi connectivity index (χ4v) is 2.07. The average Bonchev–Trinajstić information content (AvgIpc) is 2.45. The van der Waals surface area contributed by atoms with E-state index in [4.69, 9.17) is 9.84 Å². The molecule has 116 valence electrons. The first-order valence-electron chi connectivity index (χ1n) is 7.32. The standard InChI is InChI=1S/C16H23NO4/c1-3-5-12(16(19)20)6-11-15(18)17-13-7-9-14(10-8-13)21-4-2/h7-10,12H,3-6,11H2,1-2H3,(H,17,18)(H,19,20)/t12-/m1/s1. The van der Waals surface area contributed by atoms with E-state index >= 15 is 0 Å². The Labute approximate surface area is 125 Å². The first-order valence-corrected chi connectivity index (χ1v) is 7.32. The number of hydrogen-bond donors (Lipinski definition) is 2. The van der Waals surface area contributed by atoms with Gasteiger partial charge in [0.25, 0.3) is 0 Å². The Kier molecular flexibility index (Phi) is 7.29. The molecule has 5 heteroatoms. The number of benzene rings is 1. The molecule has 2 N–H and O–H groups in total. The van der Waals surface area contributed by atoms with Crippen LogP contribution in [0.2, 0.25) is 0 Å². The lowest BCUT2D eigenvalue weighted by Crippen LogP contribution is -2.18. The number of carboxylic acids is 1. The summed E-state index contributed by atoms with van der Waals surface area (Å²) in [5, 5.41) is 11.8. The molecule has 1 aromatic rings. The summed E-state index contributed by atoms with van der Waals surface area (Å²) in [5.41, 5.74) is 0.686. The summed E-state index contributed by atoms with van der Waals surface area (Å²) in [6.45, 7) is 4.44. The molecule has 0 radical (unpaired) electrons. The number of aliphatic carboxylic acids is 1. The fraction of sp³-hybridized carbons (Fsp3) is 0.500. The first-order chi connectivity index (χ1) is 10.1. The van der Waals surface area contributed by atoms with Crippen LogP contribution in [0.25, 0.3) is 0 Å². The molecule has 0 fully saturated rings. The van der Waals surface area contributed by atoms with Crippen molar-refractivity contribution in [2.45, 2.75) is 39.5 Å². The minimum atomic E-state index is -0.828. The van der Waals surface area contributed by atoms with E-state index in [9.17, 15) is 9.59 Å². The lowest BCUT2D eigenvalue weighted by atomic mass is 9.98. The largest absolute Gasteiger partial charge is 0.494 e. The van der Waals surface area contributed by atoms with Gasteiger partial charge in [0, 0.05) is 12.1 Å². The van der Waals surface area contributed by atoms with Crippen molar-refractivity contribution in [2.75, 3.05) is 11.9 Å². The third-order valence-electron chi connectivity index (χ3n) is 3.16. The van der Waals surface area contributed by atoms with Gasteiger partial charge in [-0.25, -0.2) is 0 Å². The molecule has 0 spiro atoms. The van der Waals surface area contributed by atoms with Gasteiger partial charge in [-0.3, -0.25) is 9.59 Å². The fourth-order valence-electron chi connectivity index (χ4n) is 2.07. The van der Waals surface area contributed by atoms with Crippen molar-refractivity contribution in [2.24, 2.45) is 5.92 Å². The van der Waals surface area contributed by atoms with Gasteiger partial charge in [-0.15, -0.1) is 0 Å². The van der Waals surface area contributed by atoms with Gasteiger partial charge < -0.3 is 15.2 Å². The van der Waals surface area contributed by atoms with Gasteiger partial charge in [0.2, 0.25) is 5.91 Å². The Morgan fingerprint density at radius 3 is 2.38 bits per heavy atom. The van der Waals surface area contributed by atoms with Crippen molar-refractivity contribution in [1.29, 1.82) is 0 Å². The highest BCUT2D eigenvalue weighted by Gasteiger charge is 2.17. The van der Waals surface area contributed by atoms with Crippen molar-refractivity contribution >= 4 is 17.6 Å². The molecule has 0 bridgehead atoms. The second-order valence-corrected chi connectivity index (χ2v) is 4.87. The van der Waals surface area contributed by atoms with E-state index < -0.39 is 11.9 Å². The molecule has 1 amide bonds. The number of carbonyl (C=O) groups excluding carboxylic acids is 1. The van der Waals surface area contributed by atoms with Crippen LogP contribution in [-0.2, 0) is 9.59 Å². The molecule has 0 aromatic heterocycles. The van der Waals surface area contributed by atoms with Crippen molar-refractivity contribution in [1.82, 2.24) is 0 Å². The summed E-state index contributed by atoms with van der Waals surface area (Å²) in [4.78, 5) is 22.8. The number of hydrogen-bond acceptors (Lipinski definition) is 3. The van der Waals surface area contributed by atoms with Gasteiger partial charge in [-0.2, -0.15) is 0 Å². The van der Waals surface area contributed by atoms with Crippen LogP contribution in [0.4, 0.5) is 5.69 Å². The van der Waals surface area contributed by atoms with Crippen LogP contribution < -0.4 is 10.1 Å². The van der Waals surface area contributed by atoms with Crippen LogP contribution in [0.5, 0.6) is 5.75 Å². The summed E-state index contributed by atoms with van der Waals surface area (Å²) in [7, 11) is 0. The summed E-state index contributed by atoms with van der Waals surface area (Å²) in [6.07, 6.45) is 1.99. The molecule has 1 atom stereocenters. The first kappa shape index (κ1) is 17.0. The minimum absolute atomic E-state index is 0.165. The summed E-state index contributed by atoms with van der Waals surface area (Å²) in [6, 6.07) is 7.11. The van der Waals surface area contributed by atoms with E-state index in [-0.39, 0.29) is 12.3 Å². The number of ether oxygens (including phenoxy) is 1. The summed E-state index contributed by atoms with van der Waals surface area (Å²) >= 11 is 0. The van der Waals surface area contributed by atoms with Gasteiger partial charge in [0.1, 0.15) is 5.75 Å². The quantitative estimate of drug-likeness (QED) is 0.732. The Balaban J connectivity index is 2.44. The van der Waals surface area contributed by atoms with Gasteiger partial charge in [0.05, 0.1) is 12.5 Å². The van der Waals surface area contributed by atoms with Crippen LogP contribution in [-0.4, -0.2) is 23.6 Å². The Hall–Kier alpha value is -2.04. The summed E-state index contributed by atoms with van der Waals surface area (Å²) in [5.74, 6) is -0.683. The van der Waals surface area contributed by atoms with E-state index in [0.717, 1.165) is 12.2 Å². The molecule has 0 saturated heterocycles. The van der Waals surface area contributed by atoms with Crippen LogP contribution in [0.1, 0.15) is 39.5 Å². The Morgan fingerprint density at radius 2 is 1.86 bits per heavy atom. The van der Waals surface area contributed by atoms with E-state index in [1.807, 2.05) is 13.8 Å². The topological polar surface area (TPSA) is 75.6 Å². The molecular weight excluding hydrogens is 270 g/mol. The molecule has 0 unspecified atom stereocenters. The van der Waals surface area contributed by atoms with Crippen LogP contribution >= 0.6 is 0 Å². The second-order valence-electron chi connectivity index (χ2n) is 4.87. The lowest BCUT2D eigenvalue weighted by molar-refractivity contribution is -0.142. The third kappa shape index (κ3) is 6.29. The molecule has 1 aromatic carbocycles. The zero-order valence-electron chi connectivity index (χ0n) is 12.6. The molecule has 0 aliphatic rings. The second kappa shape index (κ2) is 9.00. The molecule has 21 heavy (non-hydrogen) atoms. The number of nitrogens with one attached hydrogen (secondary N) is 1. The molecular formula is C16H23NO4. The molecule has 0 aliphatic heterocycles. The normalized spacial score (nSPS) is 11.7. The zero-order chi connectivity index (χ0) is 15.7. The Morgan fingerprint density at radius 1 is 1.19 bits per heavy atom. The molecule has 1 rings (SSSR count). The van der Waals surface area contributed by atoms with Crippen LogP contribution in [0.15, 0.2) is 24.3 Å². The SMILES string of the molecule is CCC[C@H](CCC(=O)Nc1ccc(OCC)cc1)C(=O)O. The molecule has 0 heterocycles. The number of rotatable bonds is 9. The number of anilines is 1. The molecule has 0 aliphatic carbocycles. The van der Waals surface area contributed by atoms with Crippen molar-refractivity contribution in [3.05, 3.63) is 24.3 Å². The number of carboxylic acid groups (broad SMARTS) is 1. The van der Waals surface area contributed by atoms with Crippen LogP contribution in [0.3, 0.4) is 0 Å². The van der Waals surface area contributed by atoms with Crippen molar-refractivity contribution < 1.29 is 19.4 Å². The molecule has 5 nitrogen and oxygen atoms in total. The maximum atomic E-state index is 11.8. The summed E-state index contributed by atoms with van der Waals surface area (Å²) < 4.78 is 5.32. The maximum absolute atomic E-state index is 11.8. The third-order valence-corrected chi connectivity index (χ3v) is 3.16. The van der Waals surface area contributed by atoms with Gasteiger partial charge in [-0.1, -0.05) is 13.3 Å². The highest BCUT2D eigenvalue weighted by Crippen LogP contribution is 2.17. The highest BCUT2D eigenvalue weighted by molar-refractivity contribution is 5.91. The van der Waals surface area contributed by atoms with E-state index in [2.05, 4.69) is 5.32 Å². The van der Waals surface area contributed by atoms with Crippen LogP contribution in [0, 0.1) is 5.92 Å². The van der Waals surface area contributed by atoms with E-state index in [1.165, 1.54) is 0 Å². The Bertz CT molecular complexity index is 456. The van der Waals surface area contributed by atoms with E-state index in [0.29, 0.717) is 25.1 Å². The van der Waals surface area contributed by atoms with Gasteiger partial charge in [-0.05, 0) is 44.0 Å². The van der Waals surface area contributed by atoms with Crippen molar-refractivity contribution in [3.8, 4) is 5.75 Å². The minimum Gasteiger partial charge on any atom is -0.494 e. The lowest BCUT2D eigenvalue weighted by Gasteiger charge is -2.11. The highest BCUT2D eigenvalue weighted by atomic mass is 16.5. The average molecular weight is 293 g/mol. The predicted molar refractivity (Wildman–Crippen MR) is 81.5 cm³/mol. The predicted octanol–water partition coefficient (Wildman–Crippen LogP) is 3.30. The number of carbonyl (C=O) groups is 2. The monoisotopic (exact) mass is 293 g/mol. The smallest absolute Gasteiger partial charge is 0.306 e. The van der Waals surface area contributed by atoms with Gasteiger partial charge >= 0.3 is 5.97 Å². The molecule has 0 saturated carbocycles. The van der Waals surface area contributed by atoms with Gasteiger partial charge in [0.15, 0.2) is 0 Å². The number of amides is 1. The van der Waals surface area contributed by atoms with Crippen molar-refractivity contribution in [3.63, 3.8) is 0 Å². The zero-order valence-corrected chi connectivity index (χ0v) is 12.6. The maximum Gasteiger partial charge on any atom is 0.306 e. The van der Waals surface area contributed by atoms with E-state index in [1.54, 1.807) is 24.3 Å².